The minimum Gasteiger partial charge on any atom is -0.508 e. The second-order valence-corrected chi connectivity index (χ2v) is 6.86. The molecule has 2 N–H and O–H groups in total. The molecular weight excluding hydrogens is 290 g/mol. The van der Waals surface area contributed by atoms with Crippen molar-refractivity contribution in [3.05, 3.63) is 53.1 Å². The predicted octanol–water partition coefficient (Wildman–Crippen LogP) is 3.02. The normalized spacial score (nSPS) is 19.2. The van der Waals surface area contributed by atoms with Crippen molar-refractivity contribution in [1.29, 1.82) is 0 Å². The zero-order valence-corrected chi connectivity index (χ0v) is 13.9. The van der Waals surface area contributed by atoms with Gasteiger partial charge >= 0.3 is 0 Å². The number of quaternary nitrogens is 1. The van der Waals surface area contributed by atoms with E-state index in [9.17, 15) is 10.2 Å². The molecule has 0 saturated heterocycles. The average molecular weight is 314 g/mol. The molecule has 1 aliphatic heterocycles. The predicted molar refractivity (Wildman–Crippen MR) is 89.9 cm³/mol. The average Bonchev–Trinajstić information content (AvgIpc) is 2.52. The van der Waals surface area contributed by atoms with E-state index in [-0.39, 0.29) is 17.5 Å². The molecule has 4 nitrogen and oxygen atoms in total. The SMILES string of the molecule is COc1cc2c(cc1O)CC[N+](C)(C)[C@H]2Cc1ccc(O)cc1. The minimum absolute atomic E-state index is 0.210. The molecule has 0 radical (unpaired) electrons. The summed E-state index contributed by atoms with van der Waals surface area (Å²) in [5.41, 5.74) is 3.63. The lowest BCUT2D eigenvalue weighted by molar-refractivity contribution is -0.923. The van der Waals surface area contributed by atoms with E-state index in [1.54, 1.807) is 19.2 Å². The molecular formula is C19H24NO3+. The highest BCUT2D eigenvalue weighted by atomic mass is 16.5. The van der Waals surface area contributed by atoms with Gasteiger partial charge in [-0.1, -0.05) is 12.1 Å². The van der Waals surface area contributed by atoms with E-state index in [1.807, 2.05) is 24.3 Å². The first kappa shape index (κ1) is 15.7. The number of ether oxygens (including phenoxy) is 1. The summed E-state index contributed by atoms with van der Waals surface area (Å²) in [5.74, 6) is 1.03. The highest BCUT2D eigenvalue weighted by molar-refractivity contribution is 5.48. The topological polar surface area (TPSA) is 49.7 Å². The fourth-order valence-corrected chi connectivity index (χ4v) is 3.47. The number of phenols is 2. The third-order valence-electron chi connectivity index (χ3n) is 4.97. The Balaban J connectivity index is 2.02. The largest absolute Gasteiger partial charge is 0.508 e. The second-order valence-electron chi connectivity index (χ2n) is 6.86. The first-order chi connectivity index (χ1) is 10.9. The Morgan fingerprint density at radius 3 is 2.48 bits per heavy atom. The van der Waals surface area contributed by atoms with Gasteiger partial charge in [0.15, 0.2) is 11.5 Å². The van der Waals surface area contributed by atoms with E-state index in [2.05, 4.69) is 14.1 Å². The van der Waals surface area contributed by atoms with Crippen LogP contribution in [0.2, 0.25) is 0 Å². The van der Waals surface area contributed by atoms with Crippen LogP contribution in [-0.2, 0) is 12.8 Å². The van der Waals surface area contributed by atoms with Crippen molar-refractivity contribution in [3.63, 3.8) is 0 Å². The van der Waals surface area contributed by atoms with Crippen molar-refractivity contribution in [2.75, 3.05) is 27.7 Å². The van der Waals surface area contributed by atoms with E-state index in [0.29, 0.717) is 5.75 Å². The highest BCUT2D eigenvalue weighted by Gasteiger charge is 2.36. The van der Waals surface area contributed by atoms with E-state index in [1.165, 1.54) is 16.7 Å². The third-order valence-corrected chi connectivity index (χ3v) is 4.97. The van der Waals surface area contributed by atoms with Crippen molar-refractivity contribution in [2.45, 2.75) is 18.9 Å². The maximum atomic E-state index is 10.0. The molecule has 0 aliphatic carbocycles. The molecule has 2 aromatic rings. The molecule has 0 bridgehead atoms. The number of fused-ring (bicyclic) bond motifs is 1. The molecule has 3 rings (SSSR count). The minimum atomic E-state index is 0.210. The maximum absolute atomic E-state index is 10.0. The van der Waals surface area contributed by atoms with E-state index in [4.69, 9.17) is 4.74 Å². The van der Waals surface area contributed by atoms with Crippen LogP contribution in [0.1, 0.15) is 22.7 Å². The number of hydrogen-bond acceptors (Lipinski definition) is 3. The maximum Gasteiger partial charge on any atom is 0.161 e. The number of phenolic OH excluding ortho intramolecular Hbond substituents is 2. The number of benzene rings is 2. The standard InChI is InChI=1S/C19H23NO3/c1-20(2)9-8-14-11-18(22)19(23-3)12-16(14)17(20)10-13-4-6-15(21)7-5-13/h4-7,11-12,17H,8-10H2,1-3H3,(H-,21,22)/p+1/t17-/m0/s1. The van der Waals surface area contributed by atoms with Crippen LogP contribution in [0.25, 0.3) is 0 Å². The summed E-state index contributed by atoms with van der Waals surface area (Å²) in [5, 5.41) is 19.5. The summed E-state index contributed by atoms with van der Waals surface area (Å²) in [6, 6.07) is 11.5. The number of rotatable bonds is 3. The van der Waals surface area contributed by atoms with Gasteiger partial charge in [0.05, 0.1) is 27.7 Å². The summed E-state index contributed by atoms with van der Waals surface area (Å²) < 4.78 is 6.19. The summed E-state index contributed by atoms with van der Waals surface area (Å²) >= 11 is 0. The van der Waals surface area contributed by atoms with Gasteiger partial charge in [-0.25, -0.2) is 0 Å². The van der Waals surface area contributed by atoms with Gasteiger partial charge in [0, 0.05) is 18.4 Å². The van der Waals surface area contributed by atoms with Crippen LogP contribution in [0.4, 0.5) is 0 Å². The Morgan fingerprint density at radius 2 is 1.83 bits per heavy atom. The Kier molecular flexibility index (Phi) is 3.94. The highest BCUT2D eigenvalue weighted by Crippen LogP contribution is 2.41. The van der Waals surface area contributed by atoms with E-state index >= 15 is 0 Å². The zero-order chi connectivity index (χ0) is 16.6. The monoisotopic (exact) mass is 314 g/mol. The van der Waals surface area contributed by atoms with Crippen LogP contribution in [0.15, 0.2) is 36.4 Å². The van der Waals surface area contributed by atoms with Gasteiger partial charge in [-0.3, -0.25) is 0 Å². The summed E-state index contributed by atoms with van der Waals surface area (Å²) in [6.45, 7) is 1.03. The molecule has 1 atom stereocenters. The number of nitrogens with zero attached hydrogens (tertiary/aromatic N) is 1. The van der Waals surface area contributed by atoms with Crippen LogP contribution in [0, 0.1) is 0 Å². The molecule has 2 aromatic carbocycles. The smallest absolute Gasteiger partial charge is 0.161 e. The number of hydrogen-bond donors (Lipinski definition) is 2. The molecule has 0 spiro atoms. The zero-order valence-electron chi connectivity index (χ0n) is 13.9. The molecule has 122 valence electrons. The fraction of sp³-hybridized carbons (Fsp3) is 0.368. The van der Waals surface area contributed by atoms with E-state index < -0.39 is 0 Å². The van der Waals surface area contributed by atoms with Crippen molar-refractivity contribution in [2.24, 2.45) is 0 Å². The van der Waals surface area contributed by atoms with Gasteiger partial charge in [0.1, 0.15) is 11.8 Å². The van der Waals surface area contributed by atoms with Crippen molar-refractivity contribution >= 4 is 0 Å². The lowest BCUT2D eigenvalue weighted by atomic mass is 9.87. The second kappa shape index (κ2) is 5.78. The summed E-state index contributed by atoms with van der Waals surface area (Å²) in [4.78, 5) is 0. The Bertz CT molecular complexity index is 707. The number of methoxy groups -OCH3 is 1. The van der Waals surface area contributed by atoms with Gasteiger partial charge < -0.3 is 19.4 Å². The van der Waals surface area contributed by atoms with Crippen LogP contribution >= 0.6 is 0 Å². The molecule has 1 heterocycles. The fourth-order valence-electron chi connectivity index (χ4n) is 3.47. The van der Waals surface area contributed by atoms with Crippen LogP contribution in [0.5, 0.6) is 17.2 Å². The first-order valence-corrected chi connectivity index (χ1v) is 7.91. The Labute approximate surface area is 137 Å². The quantitative estimate of drug-likeness (QED) is 0.856. The molecule has 1 aliphatic rings. The molecule has 0 fully saturated rings. The van der Waals surface area contributed by atoms with Gasteiger partial charge in [0.2, 0.25) is 0 Å². The van der Waals surface area contributed by atoms with Crippen LogP contribution in [-0.4, -0.2) is 42.4 Å². The lowest BCUT2D eigenvalue weighted by Crippen LogP contribution is -2.48. The third kappa shape index (κ3) is 2.99. The number of likely N-dealkylation sites (N-methyl/N-ethyl adjacent to an activating group) is 1. The van der Waals surface area contributed by atoms with Gasteiger partial charge in [-0.2, -0.15) is 0 Å². The Hall–Kier alpha value is -2.20. The molecule has 0 unspecified atom stereocenters. The van der Waals surface area contributed by atoms with Crippen molar-refractivity contribution in [1.82, 2.24) is 0 Å². The van der Waals surface area contributed by atoms with E-state index in [0.717, 1.165) is 23.9 Å². The van der Waals surface area contributed by atoms with Crippen LogP contribution in [0.3, 0.4) is 0 Å². The molecule has 0 amide bonds. The molecule has 4 heteroatoms. The van der Waals surface area contributed by atoms with Crippen molar-refractivity contribution in [3.8, 4) is 17.2 Å². The number of aromatic hydroxyl groups is 2. The lowest BCUT2D eigenvalue weighted by Gasteiger charge is -2.43. The molecule has 23 heavy (non-hydrogen) atoms. The molecule has 0 aromatic heterocycles. The van der Waals surface area contributed by atoms with Crippen LogP contribution < -0.4 is 4.74 Å². The summed E-state index contributed by atoms with van der Waals surface area (Å²) in [6.07, 6.45) is 1.83. The van der Waals surface area contributed by atoms with Gasteiger partial charge in [0.25, 0.3) is 0 Å². The van der Waals surface area contributed by atoms with Gasteiger partial charge in [-0.15, -0.1) is 0 Å². The summed E-state index contributed by atoms with van der Waals surface area (Å²) in [7, 11) is 6.07. The van der Waals surface area contributed by atoms with Gasteiger partial charge in [-0.05, 0) is 35.4 Å². The molecule has 0 saturated carbocycles. The van der Waals surface area contributed by atoms with Crippen molar-refractivity contribution < 1.29 is 19.4 Å². The first-order valence-electron chi connectivity index (χ1n) is 7.91. The Morgan fingerprint density at radius 1 is 1.13 bits per heavy atom.